The second-order valence-electron chi connectivity index (χ2n) is 5.52. The maximum absolute atomic E-state index is 6.64. The summed E-state index contributed by atoms with van der Waals surface area (Å²) in [7, 11) is 4.06. The Kier molecular flexibility index (Phi) is 4.32. The van der Waals surface area contributed by atoms with Gasteiger partial charge in [-0.05, 0) is 14.1 Å². The first-order valence-electron chi connectivity index (χ1n) is 7.23. The van der Waals surface area contributed by atoms with Gasteiger partial charge < -0.3 is 9.32 Å². The van der Waals surface area contributed by atoms with Crippen LogP contribution in [0.15, 0.2) is 65.1 Å². The third kappa shape index (κ3) is 2.94. The summed E-state index contributed by atoms with van der Waals surface area (Å²) in [4.78, 5) is 2.10. The summed E-state index contributed by atoms with van der Waals surface area (Å²) in [5, 5.41) is 0.693. The fourth-order valence-corrected chi connectivity index (χ4v) is 2.79. The lowest BCUT2D eigenvalue weighted by Crippen LogP contribution is -2.11. The van der Waals surface area contributed by atoms with Crippen LogP contribution in [-0.2, 0) is 6.54 Å². The molecule has 22 heavy (non-hydrogen) atoms. The van der Waals surface area contributed by atoms with Crippen LogP contribution in [0.4, 0.5) is 0 Å². The molecule has 0 aliphatic carbocycles. The lowest BCUT2D eigenvalue weighted by molar-refractivity contribution is 0.401. The number of nitrogens with zero attached hydrogens (tertiary/aromatic N) is 1. The molecule has 0 aliphatic heterocycles. The number of rotatable bonds is 4. The van der Waals surface area contributed by atoms with Gasteiger partial charge in [-0.1, -0.05) is 72.3 Å². The molecular weight excluding hydrogens is 294 g/mol. The van der Waals surface area contributed by atoms with Gasteiger partial charge in [0, 0.05) is 23.2 Å². The highest BCUT2D eigenvalue weighted by Crippen LogP contribution is 2.40. The number of hydrogen-bond donors (Lipinski definition) is 0. The largest absolute Gasteiger partial charge is 0.454 e. The summed E-state index contributed by atoms with van der Waals surface area (Å²) >= 11 is 6.64. The Bertz CT molecular complexity index is 748. The third-order valence-corrected chi connectivity index (χ3v) is 3.89. The maximum Gasteiger partial charge on any atom is 0.153 e. The van der Waals surface area contributed by atoms with Crippen LogP contribution < -0.4 is 0 Å². The monoisotopic (exact) mass is 311 g/mol. The zero-order chi connectivity index (χ0) is 15.5. The summed E-state index contributed by atoms with van der Waals surface area (Å²) in [5.41, 5.74) is 3.06. The molecule has 0 N–H and O–H groups in total. The first-order valence-corrected chi connectivity index (χ1v) is 7.61. The Morgan fingerprint density at radius 3 is 1.82 bits per heavy atom. The average molecular weight is 312 g/mol. The molecule has 0 radical (unpaired) electrons. The lowest BCUT2D eigenvalue weighted by Gasteiger charge is -2.10. The van der Waals surface area contributed by atoms with Crippen molar-refractivity contribution in [1.82, 2.24) is 4.90 Å². The van der Waals surface area contributed by atoms with Crippen LogP contribution in [0, 0.1) is 0 Å². The first-order chi connectivity index (χ1) is 10.7. The van der Waals surface area contributed by atoms with Crippen molar-refractivity contribution in [2.45, 2.75) is 6.54 Å². The molecule has 2 nitrogen and oxygen atoms in total. The van der Waals surface area contributed by atoms with E-state index < -0.39 is 0 Å². The van der Waals surface area contributed by atoms with Gasteiger partial charge >= 0.3 is 0 Å². The number of furan rings is 1. The van der Waals surface area contributed by atoms with Crippen LogP contribution in [0.5, 0.6) is 0 Å². The Morgan fingerprint density at radius 1 is 0.818 bits per heavy atom. The predicted octanol–water partition coefficient (Wildman–Crippen LogP) is 5.33. The van der Waals surface area contributed by atoms with Crippen LogP contribution in [0.1, 0.15) is 5.56 Å². The van der Waals surface area contributed by atoms with Crippen molar-refractivity contribution in [1.29, 1.82) is 0 Å². The molecule has 112 valence electrons. The molecule has 0 bridgehead atoms. The van der Waals surface area contributed by atoms with Gasteiger partial charge in [0.25, 0.3) is 0 Å². The number of hydrogen-bond acceptors (Lipinski definition) is 2. The highest BCUT2D eigenvalue weighted by Gasteiger charge is 2.21. The Hall–Kier alpha value is -2.03. The van der Waals surface area contributed by atoms with E-state index in [1.807, 2.05) is 74.8 Å². The third-order valence-electron chi connectivity index (χ3n) is 3.49. The molecule has 0 amide bonds. The Labute approximate surface area is 135 Å². The summed E-state index contributed by atoms with van der Waals surface area (Å²) in [6.07, 6.45) is 0. The van der Waals surface area contributed by atoms with Gasteiger partial charge in [0.15, 0.2) is 5.76 Å². The van der Waals surface area contributed by atoms with E-state index in [4.69, 9.17) is 16.0 Å². The lowest BCUT2D eigenvalue weighted by atomic mass is 10.1. The van der Waals surface area contributed by atoms with E-state index in [1.165, 1.54) is 0 Å². The maximum atomic E-state index is 6.64. The van der Waals surface area contributed by atoms with Crippen LogP contribution >= 0.6 is 11.6 Å². The molecule has 1 heterocycles. The number of halogens is 1. The summed E-state index contributed by atoms with van der Waals surface area (Å²) in [6, 6.07) is 20.1. The van der Waals surface area contributed by atoms with Gasteiger partial charge in [0.1, 0.15) is 5.76 Å². The van der Waals surface area contributed by atoms with Crippen molar-refractivity contribution in [2.24, 2.45) is 0 Å². The predicted molar refractivity (Wildman–Crippen MR) is 92.0 cm³/mol. The molecule has 0 saturated carbocycles. The zero-order valence-electron chi connectivity index (χ0n) is 12.7. The fraction of sp³-hybridized carbons (Fsp3) is 0.158. The van der Waals surface area contributed by atoms with E-state index in [1.54, 1.807) is 0 Å². The van der Waals surface area contributed by atoms with E-state index in [-0.39, 0.29) is 0 Å². The molecular formula is C19H18ClNO. The van der Waals surface area contributed by atoms with E-state index in [0.717, 1.165) is 34.8 Å². The molecule has 3 rings (SSSR count). The van der Waals surface area contributed by atoms with Crippen molar-refractivity contribution in [3.8, 4) is 22.6 Å². The van der Waals surface area contributed by atoms with Crippen molar-refractivity contribution >= 4 is 11.6 Å². The van der Waals surface area contributed by atoms with E-state index >= 15 is 0 Å². The highest BCUT2D eigenvalue weighted by atomic mass is 35.5. The molecule has 3 heteroatoms. The normalized spacial score (nSPS) is 11.1. The zero-order valence-corrected chi connectivity index (χ0v) is 13.5. The Morgan fingerprint density at radius 2 is 1.32 bits per heavy atom. The standard InChI is InChI=1S/C19H18ClNO/c1-21(2)13-16-17(20)19(15-11-7-4-8-12-15)22-18(16)14-9-5-3-6-10-14/h3-12H,13H2,1-2H3. The number of benzene rings is 2. The first kappa shape index (κ1) is 14.9. The minimum absolute atomic E-state index is 0.693. The molecule has 0 saturated heterocycles. The minimum atomic E-state index is 0.693. The molecule has 3 aromatic rings. The summed E-state index contributed by atoms with van der Waals surface area (Å²) in [5.74, 6) is 1.58. The second kappa shape index (κ2) is 6.39. The van der Waals surface area contributed by atoms with Gasteiger partial charge in [-0.3, -0.25) is 0 Å². The van der Waals surface area contributed by atoms with Crippen molar-refractivity contribution < 1.29 is 4.42 Å². The molecule has 0 atom stereocenters. The van der Waals surface area contributed by atoms with Gasteiger partial charge in [0.05, 0.1) is 5.02 Å². The molecule has 0 unspecified atom stereocenters. The van der Waals surface area contributed by atoms with Crippen LogP contribution in [0.25, 0.3) is 22.6 Å². The van der Waals surface area contributed by atoms with Gasteiger partial charge in [0.2, 0.25) is 0 Å². The average Bonchev–Trinajstić information content (AvgIpc) is 2.86. The van der Waals surface area contributed by atoms with E-state index in [2.05, 4.69) is 4.90 Å². The van der Waals surface area contributed by atoms with E-state index in [9.17, 15) is 0 Å². The van der Waals surface area contributed by atoms with Crippen molar-refractivity contribution in [3.05, 3.63) is 71.2 Å². The molecule has 0 spiro atoms. The van der Waals surface area contributed by atoms with Crippen LogP contribution in [0.2, 0.25) is 5.02 Å². The van der Waals surface area contributed by atoms with Crippen LogP contribution in [-0.4, -0.2) is 19.0 Å². The minimum Gasteiger partial charge on any atom is -0.454 e. The Balaban J connectivity index is 2.16. The topological polar surface area (TPSA) is 16.4 Å². The van der Waals surface area contributed by atoms with Crippen LogP contribution in [0.3, 0.4) is 0 Å². The highest BCUT2D eigenvalue weighted by molar-refractivity contribution is 6.34. The SMILES string of the molecule is CN(C)Cc1c(-c2ccccc2)oc(-c2ccccc2)c1Cl. The van der Waals surface area contributed by atoms with Crippen molar-refractivity contribution in [3.63, 3.8) is 0 Å². The van der Waals surface area contributed by atoms with Gasteiger partial charge in [-0.2, -0.15) is 0 Å². The second-order valence-corrected chi connectivity index (χ2v) is 5.90. The smallest absolute Gasteiger partial charge is 0.153 e. The van der Waals surface area contributed by atoms with E-state index in [0.29, 0.717) is 5.02 Å². The molecule has 0 fully saturated rings. The quantitative estimate of drug-likeness (QED) is 0.647. The molecule has 0 aliphatic rings. The summed E-state index contributed by atoms with van der Waals surface area (Å²) < 4.78 is 6.16. The van der Waals surface area contributed by atoms with Crippen molar-refractivity contribution in [2.75, 3.05) is 14.1 Å². The van der Waals surface area contributed by atoms with Gasteiger partial charge in [-0.25, -0.2) is 0 Å². The van der Waals surface area contributed by atoms with Gasteiger partial charge in [-0.15, -0.1) is 0 Å². The fourth-order valence-electron chi connectivity index (χ4n) is 2.50. The summed E-state index contributed by atoms with van der Waals surface area (Å²) in [6.45, 7) is 0.736. The molecule has 2 aromatic carbocycles. The molecule has 1 aromatic heterocycles.